The number of hydrogen-bond acceptors (Lipinski definition) is 4. The van der Waals surface area contributed by atoms with E-state index in [4.69, 9.17) is 0 Å². The van der Waals surface area contributed by atoms with Crippen molar-refractivity contribution in [2.45, 2.75) is 0 Å². The highest BCUT2D eigenvalue weighted by atomic mass is 17.0. The summed E-state index contributed by atoms with van der Waals surface area (Å²) in [7, 11) is 1.31. The Hall–Kier alpha value is -0.840. The van der Waals surface area contributed by atoms with E-state index in [0.29, 0.717) is 0 Å². The molecule has 0 unspecified atom stereocenters. The van der Waals surface area contributed by atoms with Crippen LogP contribution < -0.4 is 0 Å². The minimum Gasteiger partial charge on any atom is -0.358 e. The van der Waals surface area contributed by atoms with Crippen molar-refractivity contribution in [3.63, 3.8) is 0 Å². The van der Waals surface area contributed by atoms with Gasteiger partial charge in [0.15, 0.2) is 6.79 Å². The molecule has 0 aliphatic carbocycles. The molecule has 0 aliphatic heterocycles. The highest BCUT2D eigenvalue weighted by Gasteiger charge is 1.87. The number of methoxy groups -OCH3 is 1. The van der Waals surface area contributed by atoms with Gasteiger partial charge in [0.05, 0.1) is 0 Å². The summed E-state index contributed by atoms with van der Waals surface area (Å²) in [5.41, 5.74) is 0. The molecule has 0 aromatic heterocycles. The van der Waals surface area contributed by atoms with Gasteiger partial charge in [-0.3, -0.25) is 4.84 Å². The second kappa shape index (κ2) is 3.35. The molecule has 0 spiro atoms. The molecular weight excluding hydrogens is 102 g/mol. The van der Waals surface area contributed by atoms with Crippen LogP contribution in [0, 0.1) is 10.1 Å². The molecule has 0 atom stereocenters. The van der Waals surface area contributed by atoms with Gasteiger partial charge in [0.2, 0.25) is 0 Å². The molecule has 0 bridgehead atoms. The SMILES string of the molecule is COCO[N+](=O)[O-]. The van der Waals surface area contributed by atoms with Crippen LogP contribution in [0.4, 0.5) is 0 Å². The zero-order valence-electron chi connectivity index (χ0n) is 3.79. The van der Waals surface area contributed by atoms with Crippen molar-refractivity contribution in [1.82, 2.24) is 0 Å². The Labute approximate surface area is 39.9 Å². The Morgan fingerprint density at radius 2 is 2.43 bits per heavy atom. The van der Waals surface area contributed by atoms with Crippen molar-refractivity contribution in [2.75, 3.05) is 13.9 Å². The monoisotopic (exact) mass is 107 g/mol. The fourth-order valence-corrected chi connectivity index (χ4v) is 0.0957. The summed E-state index contributed by atoms with van der Waals surface area (Å²) in [6.07, 6.45) is 0. The average Bonchev–Trinajstić information content (AvgIpc) is 1.61. The van der Waals surface area contributed by atoms with Gasteiger partial charge in [0.1, 0.15) is 0 Å². The van der Waals surface area contributed by atoms with E-state index in [0.717, 1.165) is 0 Å². The lowest BCUT2D eigenvalue weighted by Crippen LogP contribution is -2.02. The smallest absolute Gasteiger partial charge is 0.296 e. The van der Waals surface area contributed by atoms with Crippen LogP contribution in [0.15, 0.2) is 0 Å². The zero-order chi connectivity index (χ0) is 5.70. The van der Waals surface area contributed by atoms with Gasteiger partial charge >= 0.3 is 0 Å². The standard InChI is InChI=1S/C2H5NO4/c1-6-2-7-3(4)5/h2H2,1H3. The van der Waals surface area contributed by atoms with Gasteiger partial charge in [-0.05, 0) is 0 Å². The first-order chi connectivity index (χ1) is 3.27. The lowest BCUT2D eigenvalue weighted by Gasteiger charge is -1.90. The maximum absolute atomic E-state index is 9.26. The maximum Gasteiger partial charge on any atom is 0.296 e. The van der Waals surface area contributed by atoms with E-state index in [-0.39, 0.29) is 6.79 Å². The van der Waals surface area contributed by atoms with Crippen molar-refractivity contribution in [3.8, 4) is 0 Å². The van der Waals surface area contributed by atoms with Gasteiger partial charge in [0.25, 0.3) is 5.09 Å². The molecule has 0 saturated heterocycles. The van der Waals surface area contributed by atoms with Gasteiger partial charge in [-0.15, -0.1) is 10.1 Å². The molecular formula is C2H5NO4. The maximum atomic E-state index is 9.26. The van der Waals surface area contributed by atoms with Crippen molar-refractivity contribution in [1.29, 1.82) is 0 Å². The quantitative estimate of drug-likeness (QED) is 0.284. The zero-order valence-corrected chi connectivity index (χ0v) is 3.79. The largest absolute Gasteiger partial charge is 0.358 e. The first-order valence-corrected chi connectivity index (χ1v) is 1.53. The van der Waals surface area contributed by atoms with Gasteiger partial charge in [-0.1, -0.05) is 0 Å². The summed E-state index contributed by atoms with van der Waals surface area (Å²) in [5, 5.41) is 8.35. The second-order valence-electron chi connectivity index (χ2n) is 0.759. The Morgan fingerprint density at radius 1 is 1.86 bits per heavy atom. The molecule has 0 fully saturated rings. The minimum absolute atomic E-state index is 0.299. The van der Waals surface area contributed by atoms with Crippen LogP contribution in [0.1, 0.15) is 0 Å². The topological polar surface area (TPSA) is 61.6 Å². The molecule has 5 heteroatoms. The summed E-state index contributed by atoms with van der Waals surface area (Å²) >= 11 is 0. The van der Waals surface area contributed by atoms with Crippen molar-refractivity contribution < 1.29 is 14.7 Å². The third-order valence-corrected chi connectivity index (χ3v) is 0.276. The Bertz CT molecular complexity index is 62.7. The van der Waals surface area contributed by atoms with Gasteiger partial charge in [0, 0.05) is 7.11 Å². The predicted molar refractivity (Wildman–Crippen MR) is 20.0 cm³/mol. The number of nitrogens with zero attached hydrogens (tertiary/aromatic N) is 1. The molecule has 0 heterocycles. The fourth-order valence-electron chi connectivity index (χ4n) is 0.0957. The van der Waals surface area contributed by atoms with Crippen molar-refractivity contribution in [2.24, 2.45) is 0 Å². The summed E-state index contributed by atoms with van der Waals surface area (Å²) in [6, 6.07) is 0. The number of ether oxygens (including phenoxy) is 1. The molecule has 42 valence electrons. The molecule has 0 aromatic rings. The highest BCUT2D eigenvalue weighted by Crippen LogP contribution is 1.71. The van der Waals surface area contributed by atoms with E-state index in [1.54, 1.807) is 0 Å². The van der Waals surface area contributed by atoms with Crippen LogP contribution in [0.5, 0.6) is 0 Å². The Balaban J connectivity index is 2.82. The van der Waals surface area contributed by atoms with E-state index in [2.05, 4.69) is 9.57 Å². The molecule has 0 amide bonds. The van der Waals surface area contributed by atoms with Crippen LogP contribution in [0.3, 0.4) is 0 Å². The molecule has 0 aromatic carbocycles. The minimum atomic E-state index is -0.913. The summed E-state index contributed by atoms with van der Waals surface area (Å²) in [5.74, 6) is 0. The highest BCUT2D eigenvalue weighted by molar-refractivity contribution is 3.90. The Kier molecular flexibility index (Phi) is 2.95. The summed E-state index contributed by atoms with van der Waals surface area (Å²) < 4.78 is 4.19. The van der Waals surface area contributed by atoms with E-state index >= 15 is 0 Å². The van der Waals surface area contributed by atoms with Crippen LogP contribution in [0.2, 0.25) is 0 Å². The molecule has 0 radical (unpaired) electrons. The van der Waals surface area contributed by atoms with E-state index in [1.165, 1.54) is 7.11 Å². The first-order valence-electron chi connectivity index (χ1n) is 1.53. The van der Waals surface area contributed by atoms with Crippen LogP contribution >= 0.6 is 0 Å². The first kappa shape index (κ1) is 6.16. The van der Waals surface area contributed by atoms with Crippen molar-refractivity contribution in [3.05, 3.63) is 10.1 Å². The van der Waals surface area contributed by atoms with E-state index < -0.39 is 5.09 Å². The molecule has 0 saturated carbocycles. The fraction of sp³-hybridized carbons (Fsp3) is 1.00. The van der Waals surface area contributed by atoms with Gasteiger partial charge in [-0.2, -0.15) is 0 Å². The molecule has 0 rings (SSSR count). The van der Waals surface area contributed by atoms with E-state index in [9.17, 15) is 10.1 Å². The molecule has 5 nitrogen and oxygen atoms in total. The van der Waals surface area contributed by atoms with Crippen LogP contribution in [-0.2, 0) is 9.57 Å². The number of rotatable bonds is 3. The van der Waals surface area contributed by atoms with Crippen molar-refractivity contribution >= 4 is 0 Å². The van der Waals surface area contributed by atoms with Crippen LogP contribution in [0.25, 0.3) is 0 Å². The summed E-state index contributed by atoms with van der Waals surface area (Å²) in [6.45, 7) is -0.299. The third-order valence-electron chi connectivity index (χ3n) is 0.276. The summed E-state index contributed by atoms with van der Waals surface area (Å²) in [4.78, 5) is 13.0. The van der Waals surface area contributed by atoms with Gasteiger partial charge < -0.3 is 4.74 Å². The van der Waals surface area contributed by atoms with E-state index in [1.807, 2.05) is 0 Å². The lowest BCUT2D eigenvalue weighted by molar-refractivity contribution is -0.766. The molecule has 7 heavy (non-hydrogen) atoms. The Morgan fingerprint density at radius 3 is 2.57 bits per heavy atom. The lowest BCUT2D eigenvalue weighted by atomic mass is 11.4. The second-order valence-corrected chi connectivity index (χ2v) is 0.759. The number of hydrogen-bond donors (Lipinski definition) is 0. The average molecular weight is 107 g/mol. The third kappa shape index (κ3) is 5.16. The predicted octanol–water partition coefficient (Wildman–Crippen LogP) is -0.201. The normalized spacial score (nSPS) is 8.14. The molecule has 0 N–H and O–H groups in total. The van der Waals surface area contributed by atoms with Gasteiger partial charge in [-0.25, -0.2) is 0 Å². The molecule has 0 aliphatic rings. The van der Waals surface area contributed by atoms with Crippen LogP contribution in [-0.4, -0.2) is 19.0 Å².